The summed E-state index contributed by atoms with van der Waals surface area (Å²) < 4.78 is 14.8. The van der Waals surface area contributed by atoms with Gasteiger partial charge in [0, 0.05) is 6.92 Å². The summed E-state index contributed by atoms with van der Waals surface area (Å²) in [5.74, 6) is -5.06. The Bertz CT molecular complexity index is 423. The summed E-state index contributed by atoms with van der Waals surface area (Å²) in [6.07, 6.45) is -1.01. The van der Waals surface area contributed by atoms with Gasteiger partial charge in [-0.1, -0.05) is 0 Å². The van der Waals surface area contributed by atoms with E-state index < -0.39 is 48.0 Å². The van der Waals surface area contributed by atoms with Gasteiger partial charge in [0.15, 0.2) is 12.0 Å². The van der Waals surface area contributed by atoms with E-state index in [1.54, 1.807) is 34.6 Å². The number of esters is 3. The first kappa shape index (κ1) is 20.9. The van der Waals surface area contributed by atoms with E-state index in [-0.39, 0.29) is 6.61 Å². The summed E-state index contributed by atoms with van der Waals surface area (Å²) in [5.41, 5.74) is 0. The highest BCUT2D eigenvalue weighted by molar-refractivity contribution is 6.02. The Kier molecular flexibility index (Phi) is 8.90. The summed E-state index contributed by atoms with van der Waals surface area (Å²) in [6.45, 7) is 9.14. The Balaban J connectivity index is 5.60. The average Bonchev–Trinajstić information content (AvgIpc) is 2.35. The van der Waals surface area contributed by atoms with Gasteiger partial charge < -0.3 is 19.5 Å². The van der Waals surface area contributed by atoms with Crippen LogP contribution in [0.15, 0.2) is 0 Å². The first-order chi connectivity index (χ1) is 10.6. The minimum absolute atomic E-state index is 0.0279. The molecule has 1 atom stereocenters. The van der Waals surface area contributed by atoms with E-state index in [1.165, 1.54) is 0 Å². The van der Waals surface area contributed by atoms with Gasteiger partial charge in [-0.05, 0) is 34.6 Å². The van der Waals surface area contributed by atoms with Crippen molar-refractivity contribution < 1.29 is 33.4 Å². The van der Waals surface area contributed by atoms with Gasteiger partial charge in [-0.2, -0.15) is 0 Å². The van der Waals surface area contributed by atoms with Crippen molar-refractivity contribution in [1.29, 1.82) is 0 Å². The number of hydrogen-bond acceptors (Lipinski definition) is 7. The van der Waals surface area contributed by atoms with Gasteiger partial charge in [-0.3, -0.25) is 14.4 Å². The molecule has 132 valence electrons. The van der Waals surface area contributed by atoms with Crippen molar-refractivity contribution >= 4 is 23.8 Å². The van der Waals surface area contributed by atoms with Crippen molar-refractivity contribution in [1.82, 2.24) is 5.32 Å². The van der Waals surface area contributed by atoms with E-state index in [9.17, 15) is 19.2 Å². The van der Waals surface area contributed by atoms with Crippen molar-refractivity contribution in [2.75, 3.05) is 6.61 Å². The van der Waals surface area contributed by atoms with E-state index in [1.807, 2.05) is 0 Å². The smallest absolute Gasteiger partial charge is 0.330 e. The number of amides is 1. The normalized spacial score (nSPS) is 12.0. The molecule has 0 saturated heterocycles. The number of rotatable bonds is 8. The third kappa shape index (κ3) is 7.62. The highest BCUT2D eigenvalue weighted by atomic mass is 16.6. The topological polar surface area (TPSA) is 108 Å². The molecule has 1 unspecified atom stereocenters. The SMILES string of the molecule is CCOC(=O)C(NC(C)=O)C(C(=O)OC(C)C)C(=O)OC(C)C. The highest BCUT2D eigenvalue weighted by Crippen LogP contribution is 2.14. The van der Waals surface area contributed by atoms with Crippen LogP contribution in [0.5, 0.6) is 0 Å². The Hall–Kier alpha value is -2.12. The zero-order valence-corrected chi connectivity index (χ0v) is 14.4. The number of ether oxygens (including phenoxy) is 3. The predicted octanol–water partition coefficient (Wildman–Crippen LogP) is 0.574. The molecule has 0 spiro atoms. The molecule has 8 heteroatoms. The fourth-order valence-corrected chi connectivity index (χ4v) is 1.71. The summed E-state index contributed by atoms with van der Waals surface area (Å²) in [6, 6.07) is -1.51. The lowest BCUT2D eigenvalue weighted by Gasteiger charge is -2.25. The van der Waals surface area contributed by atoms with Crippen LogP contribution in [0.25, 0.3) is 0 Å². The maximum Gasteiger partial charge on any atom is 0.330 e. The Morgan fingerprint density at radius 3 is 1.61 bits per heavy atom. The number of carbonyl (C=O) groups excluding carboxylic acids is 4. The van der Waals surface area contributed by atoms with Crippen LogP contribution in [0, 0.1) is 5.92 Å². The van der Waals surface area contributed by atoms with Gasteiger partial charge in [-0.15, -0.1) is 0 Å². The molecular formula is C15H25NO7. The zero-order chi connectivity index (χ0) is 18.2. The summed E-state index contributed by atoms with van der Waals surface area (Å²) in [5, 5.41) is 2.26. The molecule has 0 aromatic heterocycles. The molecule has 0 fully saturated rings. The minimum atomic E-state index is -1.64. The van der Waals surface area contributed by atoms with Crippen LogP contribution in [-0.4, -0.2) is 48.7 Å². The molecule has 1 amide bonds. The maximum atomic E-state index is 12.2. The van der Waals surface area contributed by atoms with Gasteiger partial charge in [0.25, 0.3) is 0 Å². The van der Waals surface area contributed by atoms with Gasteiger partial charge in [0.2, 0.25) is 5.91 Å². The predicted molar refractivity (Wildman–Crippen MR) is 80.2 cm³/mol. The van der Waals surface area contributed by atoms with E-state index in [4.69, 9.17) is 14.2 Å². The zero-order valence-electron chi connectivity index (χ0n) is 14.4. The van der Waals surface area contributed by atoms with E-state index in [0.717, 1.165) is 6.92 Å². The molecular weight excluding hydrogens is 306 g/mol. The molecule has 0 aliphatic carbocycles. The van der Waals surface area contributed by atoms with Crippen LogP contribution in [0.4, 0.5) is 0 Å². The van der Waals surface area contributed by atoms with Gasteiger partial charge in [0.1, 0.15) is 0 Å². The van der Waals surface area contributed by atoms with Gasteiger partial charge in [0.05, 0.1) is 18.8 Å². The standard InChI is InChI=1S/C15H25NO7/c1-7-21-15(20)12(16-10(6)17)11(13(18)22-8(2)3)14(19)23-9(4)5/h8-9,11-12H,7H2,1-6H3,(H,16,17). The van der Waals surface area contributed by atoms with Crippen LogP contribution >= 0.6 is 0 Å². The third-order valence-corrected chi connectivity index (χ3v) is 2.44. The van der Waals surface area contributed by atoms with E-state index >= 15 is 0 Å². The second kappa shape index (κ2) is 9.81. The maximum absolute atomic E-state index is 12.2. The van der Waals surface area contributed by atoms with Crippen molar-refractivity contribution in [2.24, 2.45) is 5.92 Å². The second-order valence-corrected chi connectivity index (χ2v) is 5.38. The minimum Gasteiger partial charge on any atom is -0.464 e. The molecule has 0 radical (unpaired) electrons. The molecule has 0 rings (SSSR count). The first-order valence-corrected chi connectivity index (χ1v) is 7.44. The third-order valence-electron chi connectivity index (χ3n) is 2.44. The molecule has 0 aliphatic heterocycles. The molecule has 1 N–H and O–H groups in total. The number of carbonyl (C=O) groups is 4. The van der Waals surface area contributed by atoms with E-state index in [2.05, 4.69) is 5.32 Å². The fourth-order valence-electron chi connectivity index (χ4n) is 1.71. The lowest BCUT2D eigenvalue weighted by molar-refractivity contribution is -0.172. The van der Waals surface area contributed by atoms with Gasteiger partial charge >= 0.3 is 17.9 Å². The first-order valence-electron chi connectivity index (χ1n) is 7.44. The lowest BCUT2D eigenvalue weighted by Crippen LogP contribution is -2.53. The molecule has 0 heterocycles. The quantitative estimate of drug-likeness (QED) is 0.393. The summed E-state index contributed by atoms with van der Waals surface area (Å²) in [4.78, 5) is 47.8. The molecule has 23 heavy (non-hydrogen) atoms. The largest absolute Gasteiger partial charge is 0.464 e. The van der Waals surface area contributed by atoms with Crippen molar-refractivity contribution in [3.05, 3.63) is 0 Å². The number of nitrogens with one attached hydrogen (secondary N) is 1. The molecule has 0 aromatic carbocycles. The fraction of sp³-hybridized carbons (Fsp3) is 0.733. The number of hydrogen-bond donors (Lipinski definition) is 1. The van der Waals surface area contributed by atoms with Crippen molar-refractivity contribution in [2.45, 2.75) is 59.8 Å². The highest BCUT2D eigenvalue weighted by Gasteiger charge is 2.44. The molecule has 0 aliphatic rings. The molecule has 8 nitrogen and oxygen atoms in total. The summed E-state index contributed by atoms with van der Waals surface area (Å²) in [7, 11) is 0. The Morgan fingerprint density at radius 1 is 0.870 bits per heavy atom. The van der Waals surface area contributed by atoms with Crippen molar-refractivity contribution in [3.8, 4) is 0 Å². The molecule has 0 saturated carbocycles. The molecule has 0 aromatic rings. The van der Waals surface area contributed by atoms with Crippen LogP contribution in [0.1, 0.15) is 41.5 Å². The van der Waals surface area contributed by atoms with Gasteiger partial charge in [-0.25, -0.2) is 4.79 Å². The Morgan fingerprint density at radius 2 is 1.30 bits per heavy atom. The Labute approximate surface area is 135 Å². The van der Waals surface area contributed by atoms with Crippen molar-refractivity contribution in [3.63, 3.8) is 0 Å². The van der Waals surface area contributed by atoms with E-state index in [0.29, 0.717) is 0 Å². The van der Waals surface area contributed by atoms with Crippen LogP contribution in [0.2, 0.25) is 0 Å². The molecule has 0 bridgehead atoms. The monoisotopic (exact) mass is 331 g/mol. The lowest BCUT2D eigenvalue weighted by atomic mass is 9.99. The van der Waals surface area contributed by atoms with Crippen LogP contribution in [-0.2, 0) is 33.4 Å². The second-order valence-electron chi connectivity index (χ2n) is 5.38. The van der Waals surface area contributed by atoms with Crippen LogP contribution < -0.4 is 5.32 Å². The summed E-state index contributed by atoms with van der Waals surface area (Å²) >= 11 is 0. The van der Waals surface area contributed by atoms with Crippen LogP contribution in [0.3, 0.4) is 0 Å². The average molecular weight is 331 g/mol.